The number of hydrogen-bond donors (Lipinski definition) is 1. The molecule has 0 aliphatic carbocycles. The number of nitrogens with one attached hydrogen (secondary N) is 1. The van der Waals surface area contributed by atoms with E-state index in [1.54, 1.807) is 17.2 Å². The van der Waals surface area contributed by atoms with Crippen molar-refractivity contribution in [2.45, 2.75) is 44.2 Å². The third-order valence-corrected chi connectivity index (χ3v) is 7.95. The van der Waals surface area contributed by atoms with Crippen molar-refractivity contribution < 1.29 is 22.8 Å². The number of hydrogen-bond acceptors (Lipinski definition) is 4. The van der Waals surface area contributed by atoms with Crippen molar-refractivity contribution in [1.29, 1.82) is 0 Å². The lowest BCUT2D eigenvalue weighted by Crippen LogP contribution is -2.38. The van der Waals surface area contributed by atoms with Crippen LogP contribution in [0.3, 0.4) is 0 Å². The topological polar surface area (TPSA) is 65.5 Å². The van der Waals surface area contributed by atoms with Crippen LogP contribution in [0.1, 0.15) is 48.3 Å². The van der Waals surface area contributed by atoms with Crippen LogP contribution in [0.5, 0.6) is 0 Å². The molecule has 0 saturated carbocycles. The summed E-state index contributed by atoms with van der Waals surface area (Å²) in [5, 5.41) is 3.06. The molecule has 1 N–H and O–H groups in total. The lowest BCUT2D eigenvalue weighted by atomic mass is 9.89. The number of carbonyl (C=O) groups excluding carboxylic acids is 2. The molecule has 0 unspecified atom stereocenters. The van der Waals surface area contributed by atoms with Gasteiger partial charge in [-0.25, -0.2) is 4.98 Å². The average molecular weight is 551 g/mol. The highest BCUT2D eigenvalue weighted by Crippen LogP contribution is 2.31. The summed E-state index contributed by atoms with van der Waals surface area (Å²) in [6.45, 7) is 2.74. The fraction of sp³-hybridized carbons (Fsp3) is 0.387. The number of nitrogens with zero attached hydrogens (tertiary/aromatic N) is 3. The average Bonchev–Trinajstić information content (AvgIpc) is 2.98. The Labute approximate surface area is 232 Å². The van der Waals surface area contributed by atoms with Gasteiger partial charge in [-0.2, -0.15) is 13.2 Å². The van der Waals surface area contributed by atoms with E-state index in [0.29, 0.717) is 24.6 Å². The third kappa shape index (κ3) is 6.81. The summed E-state index contributed by atoms with van der Waals surface area (Å²) < 4.78 is 39.0. The van der Waals surface area contributed by atoms with Crippen molar-refractivity contribution in [1.82, 2.24) is 9.88 Å². The Balaban J connectivity index is 1.08. The second-order valence-electron chi connectivity index (χ2n) is 10.6. The number of carbonyl (C=O) groups is 2. The summed E-state index contributed by atoms with van der Waals surface area (Å²) in [4.78, 5) is 33.9. The van der Waals surface area contributed by atoms with Crippen molar-refractivity contribution in [2.24, 2.45) is 5.92 Å². The van der Waals surface area contributed by atoms with Gasteiger partial charge in [0.15, 0.2) is 0 Å². The van der Waals surface area contributed by atoms with Gasteiger partial charge in [-0.1, -0.05) is 36.4 Å². The first-order valence-electron chi connectivity index (χ1n) is 13.8. The SMILES string of the molecule is O=C(Nc1ccc(C2CCN(C(=O)Cc3cccc(C(F)(F)F)c3)CC2)cc1)C1CCN(c2ccccn2)CC1. The largest absolute Gasteiger partial charge is 0.416 e. The molecule has 0 bridgehead atoms. The Morgan fingerprint density at radius 2 is 1.60 bits per heavy atom. The van der Waals surface area contributed by atoms with Crippen LogP contribution >= 0.6 is 0 Å². The maximum atomic E-state index is 13.0. The van der Waals surface area contributed by atoms with E-state index in [2.05, 4.69) is 15.2 Å². The van der Waals surface area contributed by atoms with Crippen LogP contribution in [0, 0.1) is 5.92 Å². The highest BCUT2D eigenvalue weighted by Gasteiger charge is 2.31. The van der Waals surface area contributed by atoms with Crippen LogP contribution in [0.25, 0.3) is 0 Å². The molecule has 6 nitrogen and oxygen atoms in total. The zero-order chi connectivity index (χ0) is 28.1. The summed E-state index contributed by atoms with van der Waals surface area (Å²) >= 11 is 0. The Morgan fingerprint density at radius 1 is 0.875 bits per heavy atom. The van der Waals surface area contributed by atoms with E-state index in [1.807, 2.05) is 42.5 Å². The number of alkyl halides is 3. The van der Waals surface area contributed by atoms with Crippen LogP contribution in [0.2, 0.25) is 0 Å². The van der Waals surface area contributed by atoms with Crippen LogP contribution in [0.4, 0.5) is 24.7 Å². The van der Waals surface area contributed by atoms with E-state index in [1.165, 1.54) is 6.07 Å². The summed E-state index contributed by atoms with van der Waals surface area (Å²) in [6.07, 6.45) is 0.464. The van der Waals surface area contributed by atoms with E-state index in [9.17, 15) is 22.8 Å². The van der Waals surface area contributed by atoms with Crippen molar-refractivity contribution in [3.05, 3.63) is 89.6 Å². The zero-order valence-corrected chi connectivity index (χ0v) is 22.2. The monoisotopic (exact) mass is 550 g/mol. The number of amides is 2. The van der Waals surface area contributed by atoms with Crippen LogP contribution in [0.15, 0.2) is 72.9 Å². The van der Waals surface area contributed by atoms with Gasteiger partial charge in [0, 0.05) is 44.0 Å². The predicted molar refractivity (Wildman–Crippen MR) is 148 cm³/mol. The number of anilines is 2. The van der Waals surface area contributed by atoms with Crippen molar-refractivity contribution >= 4 is 23.3 Å². The second-order valence-corrected chi connectivity index (χ2v) is 10.6. The lowest BCUT2D eigenvalue weighted by molar-refractivity contribution is -0.138. The molecule has 3 aromatic rings. The number of rotatable bonds is 6. The van der Waals surface area contributed by atoms with E-state index >= 15 is 0 Å². The van der Waals surface area contributed by atoms with Crippen molar-refractivity contribution in [3.63, 3.8) is 0 Å². The minimum Gasteiger partial charge on any atom is -0.357 e. The first-order chi connectivity index (χ1) is 19.3. The number of aromatic nitrogens is 1. The fourth-order valence-electron chi connectivity index (χ4n) is 5.60. The predicted octanol–water partition coefficient (Wildman–Crippen LogP) is 5.90. The summed E-state index contributed by atoms with van der Waals surface area (Å²) in [7, 11) is 0. The molecule has 210 valence electrons. The molecule has 0 spiro atoms. The molecule has 1 aromatic heterocycles. The number of pyridine rings is 1. The Hall–Kier alpha value is -3.88. The molecule has 2 aromatic carbocycles. The van der Waals surface area contributed by atoms with Gasteiger partial charge in [-0.05, 0) is 73.1 Å². The molecule has 2 aliphatic rings. The summed E-state index contributed by atoms with van der Waals surface area (Å²) in [5.41, 5.74) is 1.57. The molecule has 2 amide bonds. The normalized spacial score (nSPS) is 17.1. The fourth-order valence-corrected chi connectivity index (χ4v) is 5.60. The summed E-state index contributed by atoms with van der Waals surface area (Å²) in [5.74, 6) is 1.10. The van der Waals surface area contributed by atoms with Gasteiger partial charge in [0.05, 0.1) is 12.0 Å². The van der Waals surface area contributed by atoms with Crippen LogP contribution < -0.4 is 10.2 Å². The molecule has 2 fully saturated rings. The maximum Gasteiger partial charge on any atom is 0.416 e. The molecule has 2 saturated heterocycles. The molecule has 5 rings (SSSR count). The molecule has 0 atom stereocenters. The van der Waals surface area contributed by atoms with Gasteiger partial charge in [0.25, 0.3) is 0 Å². The van der Waals surface area contributed by atoms with E-state index in [4.69, 9.17) is 0 Å². The molecular formula is C31H33F3N4O2. The lowest BCUT2D eigenvalue weighted by Gasteiger charge is -2.32. The number of likely N-dealkylation sites (tertiary alicyclic amines) is 1. The Kier molecular flexibility index (Phi) is 8.38. The number of piperidine rings is 2. The van der Waals surface area contributed by atoms with Crippen molar-refractivity contribution in [2.75, 3.05) is 36.4 Å². The summed E-state index contributed by atoms with van der Waals surface area (Å²) in [6, 6.07) is 18.8. The smallest absolute Gasteiger partial charge is 0.357 e. The number of halogens is 3. The highest BCUT2D eigenvalue weighted by molar-refractivity contribution is 5.92. The standard InChI is InChI=1S/C31H33F3N4O2/c32-31(33,34)26-5-3-4-22(20-26)21-29(39)38-18-11-24(12-19-38)23-7-9-27(10-8-23)36-30(40)25-13-16-37(17-14-25)28-6-1-2-15-35-28/h1-10,15,20,24-25H,11-14,16-19,21H2,(H,36,40). The second kappa shape index (κ2) is 12.1. The molecule has 0 radical (unpaired) electrons. The van der Waals surface area contributed by atoms with Gasteiger partial charge in [0.1, 0.15) is 5.82 Å². The van der Waals surface area contributed by atoms with E-state index < -0.39 is 11.7 Å². The van der Waals surface area contributed by atoms with Gasteiger partial charge >= 0.3 is 6.18 Å². The quantitative estimate of drug-likeness (QED) is 0.415. The molecule has 40 heavy (non-hydrogen) atoms. The molecule has 2 aliphatic heterocycles. The van der Waals surface area contributed by atoms with Gasteiger partial charge < -0.3 is 15.1 Å². The number of benzene rings is 2. The Bertz CT molecular complexity index is 1300. The maximum absolute atomic E-state index is 13.0. The first kappa shape index (κ1) is 27.7. The van der Waals surface area contributed by atoms with Gasteiger partial charge in [-0.15, -0.1) is 0 Å². The van der Waals surface area contributed by atoms with E-state index in [-0.39, 0.29) is 24.2 Å². The minimum atomic E-state index is -4.42. The van der Waals surface area contributed by atoms with Gasteiger partial charge in [0.2, 0.25) is 11.8 Å². The van der Waals surface area contributed by atoms with Crippen LogP contribution in [-0.2, 0) is 22.2 Å². The third-order valence-electron chi connectivity index (χ3n) is 7.95. The zero-order valence-electron chi connectivity index (χ0n) is 22.2. The van der Waals surface area contributed by atoms with E-state index in [0.717, 1.165) is 68.0 Å². The highest BCUT2D eigenvalue weighted by atomic mass is 19.4. The van der Waals surface area contributed by atoms with Gasteiger partial charge in [-0.3, -0.25) is 9.59 Å². The molecule has 3 heterocycles. The first-order valence-corrected chi connectivity index (χ1v) is 13.8. The molecule has 9 heteroatoms. The minimum absolute atomic E-state index is 0.0301. The van der Waals surface area contributed by atoms with Crippen molar-refractivity contribution in [3.8, 4) is 0 Å². The Morgan fingerprint density at radius 3 is 2.25 bits per heavy atom. The van der Waals surface area contributed by atoms with Crippen LogP contribution in [-0.4, -0.2) is 47.9 Å². The molecular weight excluding hydrogens is 517 g/mol.